The third-order valence-electron chi connectivity index (χ3n) is 6.22. The zero-order valence-electron chi connectivity index (χ0n) is 19.5. The van der Waals surface area contributed by atoms with Gasteiger partial charge in [0.1, 0.15) is 0 Å². The molecule has 0 radical (unpaired) electrons. The smallest absolute Gasteiger partial charge is 0.254 e. The lowest BCUT2D eigenvalue weighted by molar-refractivity contribution is -0.124. The van der Waals surface area contributed by atoms with Crippen LogP contribution in [0.5, 0.6) is 0 Å². The summed E-state index contributed by atoms with van der Waals surface area (Å²) in [6.45, 7) is 6.90. The van der Waals surface area contributed by atoms with Crippen LogP contribution in [-0.2, 0) is 11.2 Å². The number of thiophene rings is 1. The van der Waals surface area contributed by atoms with E-state index < -0.39 is 5.92 Å². The lowest BCUT2D eigenvalue weighted by Gasteiger charge is -2.42. The van der Waals surface area contributed by atoms with Gasteiger partial charge in [0.05, 0.1) is 12.0 Å². The molecule has 1 aliphatic rings. The van der Waals surface area contributed by atoms with Gasteiger partial charge in [0.25, 0.3) is 5.91 Å². The molecule has 33 heavy (non-hydrogen) atoms. The van der Waals surface area contributed by atoms with Gasteiger partial charge in [-0.1, -0.05) is 68.4 Å². The molecule has 0 saturated heterocycles. The zero-order valence-corrected chi connectivity index (χ0v) is 20.3. The second-order valence-electron chi connectivity index (χ2n) is 9.31. The van der Waals surface area contributed by atoms with E-state index in [0.29, 0.717) is 18.0 Å². The summed E-state index contributed by atoms with van der Waals surface area (Å²) in [5, 5.41) is 5.29. The molecule has 2 aromatic carbocycles. The highest BCUT2D eigenvalue weighted by Crippen LogP contribution is 2.44. The number of nitrogens with one attached hydrogen (secondary N) is 1. The third-order valence-corrected chi connectivity index (χ3v) is 7.16. The maximum Gasteiger partial charge on any atom is 0.254 e. The predicted molar refractivity (Wildman–Crippen MR) is 134 cm³/mol. The maximum absolute atomic E-state index is 13.8. The highest BCUT2D eigenvalue weighted by Gasteiger charge is 2.44. The number of carbonyl (C=O) groups excluding carboxylic acids is 2. The quantitative estimate of drug-likeness (QED) is 0.460. The van der Waals surface area contributed by atoms with Crippen LogP contribution >= 0.6 is 11.3 Å². The van der Waals surface area contributed by atoms with Crippen molar-refractivity contribution >= 4 is 23.2 Å². The highest BCUT2D eigenvalue weighted by molar-refractivity contribution is 7.10. The van der Waals surface area contributed by atoms with Gasteiger partial charge in [0.2, 0.25) is 5.91 Å². The van der Waals surface area contributed by atoms with E-state index in [2.05, 4.69) is 38.2 Å². The van der Waals surface area contributed by atoms with E-state index in [1.807, 2.05) is 64.9 Å². The Morgan fingerprint density at radius 3 is 2.42 bits per heavy atom. The minimum absolute atomic E-state index is 0.0114. The number of nitrogens with zero attached hydrogens (tertiary/aromatic N) is 1. The van der Waals surface area contributed by atoms with Crippen LogP contribution in [0.3, 0.4) is 0 Å². The maximum atomic E-state index is 13.8. The Balaban J connectivity index is 1.63. The van der Waals surface area contributed by atoms with Gasteiger partial charge in [0, 0.05) is 23.0 Å². The van der Waals surface area contributed by atoms with Crippen LogP contribution in [0.4, 0.5) is 0 Å². The monoisotopic (exact) mass is 460 g/mol. The summed E-state index contributed by atoms with van der Waals surface area (Å²) in [4.78, 5) is 30.3. The Morgan fingerprint density at radius 2 is 1.73 bits per heavy atom. The van der Waals surface area contributed by atoms with Crippen molar-refractivity contribution in [2.45, 2.75) is 51.6 Å². The Bertz CT molecular complexity index is 1080. The largest absolute Gasteiger partial charge is 0.353 e. The van der Waals surface area contributed by atoms with E-state index in [0.717, 1.165) is 23.3 Å². The molecule has 172 valence electrons. The third kappa shape index (κ3) is 5.19. The fourth-order valence-corrected chi connectivity index (χ4v) is 5.55. The predicted octanol–water partition coefficient (Wildman–Crippen LogP) is 5.82. The second-order valence-corrected chi connectivity index (χ2v) is 10.3. The first-order valence-corrected chi connectivity index (χ1v) is 12.6. The summed E-state index contributed by atoms with van der Waals surface area (Å²) in [6.07, 6.45) is 1.78. The number of amides is 2. The van der Waals surface area contributed by atoms with Gasteiger partial charge in [0.15, 0.2) is 0 Å². The first kappa shape index (κ1) is 23.2. The van der Waals surface area contributed by atoms with Crippen molar-refractivity contribution in [3.05, 3.63) is 93.7 Å². The topological polar surface area (TPSA) is 49.4 Å². The number of carbonyl (C=O) groups is 2. The molecular formula is C28H32N2O2S. The molecule has 1 N–H and O–H groups in total. The molecule has 0 fully saturated rings. The van der Waals surface area contributed by atoms with Crippen molar-refractivity contribution < 1.29 is 9.59 Å². The normalized spacial score (nSPS) is 18.8. The minimum atomic E-state index is -0.435. The Labute approximate surface area is 200 Å². The van der Waals surface area contributed by atoms with Crippen molar-refractivity contribution in [3.8, 4) is 0 Å². The SMILES string of the molecule is CC(C)CN1C(=O)c2ccccc2C(C(=O)NC(C)CCc2ccccc2)C1c1cccs1. The van der Waals surface area contributed by atoms with E-state index in [1.54, 1.807) is 11.3 Å². The van der Waals surface area contributed by atoms with E-state index in [1.165, 1.54) is 5.56 Å². The van der Waals surface area contributed by atoms with Gasteiger partial charge in [-0.25, -0.2) is 0 Å². The number of benzene rings is 2. The van der Waals surface area contributed by atoms with Gasteiger partial charge in [-0.3, -0.25) is 9.59 Å². The summed E-state index contributed by atoms with van der Waals surface area (Å²) in [6, 6.07) is 21.7. The number of rotatable bonds is 8. The van der Waals surface area contributed by atoms with Crippen LogP contribution in [0.1, 0.15) is 65.5 Å². The molecule has 2 amide bonds. The molecule has 1 aliphatic heterocycles. The lowest BCUT2D eigenvalue weighted by Crippen LogP contribution is -2.49. The van der Waals surface area contributed by atoms with Crippen molar-refractivity contribution in [1.82, 2.24) is 10.2 Å². The van der Waals surface area contributed by atoms with Crippen molar-refractivity contribution in [3.63, 3.8) is 0 Å². The average Bonchev–Trinajstić information content (AvgIpc) is 3.34. The van der Waals surface area contributed by atoms with Crippen molar-refractivity contribution in [1.29, 1.82) is 0 Å². The number of fused-ring (bicyclic) bond motifs is 1. The summed E-state index contributed by atoms with van der Waals surface area (Å²) in [5.74, 6) is -0.132. The average molecular weight is 461 g/mol. The van der Waals surface area contributed by atoms with E-state index in [4.69, 9.17) is 0 Å². The lowest BCUT2D eigenvalue weighted by atomic mass is 9.81. The first-order valence-electron chi connectivity index (χ1n) is 11.7. The molecule has 0 bridgehead atoms. The molecule has 3 atom stereocenters. The van der Waals surface area contributed by atoms with Gasteiger partial charge in [-0.2, -0.15) is 0 Å². The van der Waals surface area contributed by atoms with Crippen LogP contribution in [0.2, 0.25) is 0 Å². The molecular weight excluding hydrogens is 428 g/mol. The molecule has 0 saturated carbocycles. The van der Waals surface area contributed by atoms with Gasteiger partial charge in [-0.15, -0.1) is 11.3 Å². The van der Waals surface area contributed by atoms with E-state index in [9.17, 15) is 9.59 Å². The minimum Gasteiger partial charge on any atom is -0.353 e. The summed E-state index contributed by atoms with van der Waals surface area (Å²) >= 11 is 1.61. The molecule has 4 rings (SSSR count). The second kappa shape index (κ2) is 10.3. The number of aryl methyl sites for hydroxylation is 1. The molecule has 1 aromatic heterocycles. The molecule has 3 unspecified atom stereocenters. The van der Waals surface area contributed by atoms with Crippen LogP contribution in [0, 0.1) is 5.92 Å². The van der Waals surface area contributed by atoms with E-state index in [-0.39, 0.29) is 23.9 Å². The fraction of sp³-hybridized carbons (Fsp3) is 0.357. The summed E-state index contributed by atoms with van der Waals surface area (Å²) < 4.78 is 0. The summed E-state index contributed by atoms with van der Waals surface area (Å²) in [7, 11) is 0. The number of hydrogen-bond donors (Lipinski definition) is 1. The number of hydrogen-bond acceptors (Lipinski definition) is 3. The molecule has 3 aromatic rings. The van der Waals surface area contributed by atoms with Crippen molar-refractivity contribution in [2.75, 3.05) is 6.54 Å². The molecule has 2 heterocycles. The van der Waals surface area contributed by atoms with Gasteiger partial charge < -0.3 is 10.2 Å². The van der Waals surface area contributed by atoms with Crippen LogP contribution in [-0.4, -0.2) is 29.3 Å². The Morgan fingerprint density at radius 1 is 1.00 bits per heavy atom. The Hall–Kier alpha value is -2.92. The standard InChI is InChI=1S/C28H32N2O2S/c1-19(2)18-30-26(24-14-9-17-33-24)25(22-12-7-8-13-23(22)28(30)32)27(31)29-20(3)15-16-21-10-5-4-6-11-21/h4-14,17,19-20,25-26H,15-16,18H2,1-3H3,(H,29,31). The first-order chi connectivity index (χ1) is 16.0. The van der Waals surface area contributed by atoms with Crippen molar-refractivity contribution in [2.24, 2.45) is 5.92 Å². The van der Waals surface area contributed by atoms with Crippen LogP contribution < -0.4 is 5.32 Å². The fourth-order valence-electron chi connectivity index (χ4n) is 4.68. The van der Waals surface area contributed by atoms with Crippen LogP contribution in [0.25, 0.3) is 0 Å². The summed E-state index contributed by atoms with van der Waals surface area (Å²) in [5.41, 5.74) is 2.74. The molecule has 4 nitrogen and oxygen atoms in total. The molecule has 5 heteroatoms. The molecule has 0 aliphatic carbocycles. The molecule has 0 spiro atoms. The zero-order chi connectivity index (χ0) is 23.4. The van der Waals surface area contributed by atoms with Crippen LogP contribution in [0.15, 0.2) is 72.1 Å². The van der Waals surface area contributed by atoms with Gasteiger partial charge in [-0.05, 0) is 54.3 Å². The highest BCUT2D eigenvalue weighted by atomic mass is 32.1. The van der Waals surface area contributed by atoms with E-state index >= 15 is 0 Å². The Kier molecular flexibility index (Phi) is 7.29. The van der Waals surface area contributed by atoms with Gasteiger partial charge >= 0.3 is 0 Å².